The van der Waals surface area contributed by atoms with Gasteiger partial charge in [0.25, 0.3) is 21.8 Å². The van der Waals surface area contributed by atoms with Crippen LogP contribution in [0.2, 0.25) is 0 Å². The van der Waals surface area contributed by atoms with E-state index in [0.29, 0.717) is 23.7 Å². The molecule has 2 amide bonds. The summed E-state index contributed by atoms with van der Waals surface area (Å²) in [5, 5.41) is 0. The van der Waals surface area contributed by atoms with Crippen molar-refractivity contribution in [2.24, 2.45) is 0 Å². The number of methoxy groups -OCH3 is 1. The number of amides is 2. The fourth-order valence-electron chi connectivity index (χ4n) is 3.66. The van der Waals surface area contributed by atoms with Crippen LogP contribution >= 0.6 is 0 Å². The Hall–Kier alpha value is -4.09. The van der Waals surface area contributed by atoms with Crippen LogP contribution in [0.15, 0.2) is 77.7 Å². The van der Waals surface area contributed by atoms with E-state index in [1.807, 2.05) is 0 Å². The first-order chi connectivity index (χ1) is 17.9. The molecule has 0 aliphatic carbocycles. The first-order valence-corrected chi connectivity index (χ1v) is 13.0. The predicted octanol–water partition coefficient (Wildman–Crippen LogP) is 3.13. The van der Waals surface area contributed by atoms with Gasteiger partial charge in [0.1, 0.15) is 18.1 Å². The Balaban J connectivity index is 1.34. The van der Waals surface area contributed by atoms with E-state index in [4.69, 9.17) is 14.2 Å². The number of carbonyl (C=O) groups is 2. The van der Waals surface area contributed by atoms with E-state index in [-0.39, 0.29) is 22.3 Å². The number of sulfonamides is 1. The first kappa shape index (κ1) is 26.0. The molecule has 1 atom stereocenters. The minimum atomic E-state index is -4.01. The van der Waals surface area contributed by atoms with Crippen LogP contribution in [0.1, 0.15) is 33.6 Å². The van der Waals surface area contributed by atoms with Crippen molar-refractivity contribution in [1.29, 1.82) is 0 Å². The van der Waals surface area contributed by atoms with E-state index in [2.05, 4.69) is 15.6 Å². The van der Waals surface area contributed by atoms with Gasteiger partial charge in [0.05, 0.1) is 23.8 Å². The van der Waals surface area contributed by atoms with E-state index in [1.165, 1.54) is 31.4 Å². The summed E-state index contributed by atoms with van der Waals surface area (Å²) in [6, 6.07) is 18.5. The summed E-state index contributed by atoms with van der Waals surface area (Å²) in [6.45, 7) is 1.20. The van der Waals surface area contributed by atoms with Crippen molar-refractivity contribution in [3.63, 3.8) is 0 Å². The van der Waals surface area contributed by atoms with Gasteiger partial charge in [0.15, 0.2) is 0 Å². The molecule has 0 saturated carbocycles. The molecule has 1 aliphatic rings. The summed E-state index contributed by atoms with van der Waals surface area (Å²) < 4.78 is 44.5. The van der Waals surface area contributed by atoms with E-state index < -0.39 is 21.8 Å². The molecular weight excluding hydrogens is 498 g/mol. The van der Waals surface area contributed by atoms with Gasteiger partial charge in [-0.2, -0.15) is 0 Å². The second-order valence-corrected chi connectivity index (χ2v) is 9.89. The van der Waals surface area contributed by atoms with Crippen LogP contribution in [-0.2, 0) is 14.8 Å². The number of hydrogen-bond acceptors (Lipinski definition) is 7. The molecular formula is C26H27N3O7S. The molecule has 1 saturated heterocycles. The monoisotopic (exact) mass is 525 g/mol. The lowest BCUT2D eigenvalue weighted by Crippen LogP contribution is -2.41. The number of anilines is 1. The molecule has 0 radical (unpaired) electrons. The number of benzene rings is 3. The standard InChI is InChI=1S/C26H27N3O7S/c1-34-24-10-3-2-9-23(24)29-37(32,33)22-8-4-6-19(16-22)26(31)28-27-25(30)18-11-13-20(14-12-18)36-17-21-7-5-15-35-21/h2-4,6,8-14,16,21,29H,5,7,15,17H2,1H3,(H,27,30)(H,28,31)/t21-/m0/s1. The average Bonchev–Trinajstić information content (AvgIpc) is 3.45. The van der Waals surface area contributed by atoms with Gasteiger partial charge in [-0.3, -0.25) is 25.2 Å². The summed E-state index contributed by atoms with van der Waals surface area (Å²) >= 11 is 0. The third kappa shape index (κ3) is 6.78. The molecule has 11 heteroatoms. The highest BCUT2D eigenvalue weighted by atomic mass is 32.2. The Morgan fingerprint density at radius 2 is 1.68 bits per heavy atom. The third-order valence-corrected chi connectivity index (χ3v) is 6.99. The molecule has 1 heterocycles. The van der Waals surface area contributed by atoms with Crippen molar-refractivity contribution in [3.05, 3.63) is 83.9 Å². The molecule has 194 valence electrons. The Morgan fingerprint density at radius 3 is 2.38 bits per heavy atom. The Kier molecular flexibility index (Phi) is 8.26. The number of para-hydroxylation sites is 2. The number of hydrogen-bond donors (Lipinski definition) is 3. The van der Waals surface area contributed by atoms with E-state index in [1.54, 1.807) is 48.5 Å². The summed E-state index contributed by atoms with van der Waals surface area (Å²) in [6.07, 6.45) is 2.08. The fraction of sp³-hybridized carbons (Fsp3) is 0.231. The minimum absolute atomic E-state index is 0.0427. The van der Waals surface area contributed by atoms with Gasteiger partial charge >= 0.3 is 0 Å². The highest BCUT2D eigenvalue weighted by molar-refractivity contribution is 7.92. The lowest BCUT2D eigenvalue weighted by molar-refractivity contribution is 0.0679. The molecule has 0 aromatic heterocycles. The van der Waals surface area contributed by atoms with Crippen LogP contribution < -0.4 is 25.0 Å². The van der Waals surface area contributed by atoms with Gasteiger partial charge in [-0.25, -0.2) is 8.42 Å². The van der Waals surface area contributed by atoms with Crippen molar-refractivity contribution >= 4 is 27.5 Å². The van der Waals surface area contributed by atoms with E-state index in [0.717, 1.165) is 19.4 Å². The second kappa shape index (κ2) is 11.8. The molecule has 4 rings (SSSR count). The molecule has 1 aliphatic heterocycles. The zero-order chi connectivity index (χ0) is 26.3. The fourth-order valence-corrected chi connectivity index (χ4v) is 4.78. The van der Waals surface area contributed by atoms with Crippen molar-refractivity contribution < 1.29 is 32.2 Å². The van der Waals surface area contributed by atoms with Gasteiger partial charge in [0, 0.05) is 17.7 Å². The second-order valence-electron chi connectivity index (χ2n) is 8.21. The largest absolute Gasteiger partial charge is 0.495 e. The highest BCUT2D eigenvalue weighted by Crippen LogP contribution is 2.26. The SMILES string of the molecule is COc1ccccc1NS(=O)(=O)c1cccc(C(=O)NNC(=O)c2ccc(OC[C@@H]3CCCO3)cc2)c1. The van der Waals surface area contributed by atoms with Gasteiger partial charge < -0.3 is 14.2 Å². The summed E-state index contributed by atoms with van der Waals surface area (Å²) in [7, 11) is -2.58. The maximum Gasteiger partial charge on any atom is 0.269 e. The number of ether oxygens (including phenoxy) is 3. The minimum Gasteiger partial charge on any atom is -0.495 e. The summed E-state index contributed by atoms with van der Waals surface area (Å²) in [4.78, 5) is 24.9. The molecule has 3 aromatic rings. The molecule has 3 aromatic carbocycles. The molecule has 0 unspecified atom stereocenters. The maximum atomic E-state index is 12.9. The quantitative estimate of drug-likeness (QED) is 0.366. The molecule has 10 nitrogen and oxygen atoms in total. The predicted molar refractivity (Wildman–Crippen MR) is 136 cm³/mol. The lowest BCUT2D eigenvalue weighted by atomic mass is 10.2. The average molecular weight is 526 g/mol. The topological polar surface area (TPSA) is 132 Å². The molecule has 0 spiro atoms. The highest BCUT2D eigenvalue weighted by Gasteiger charge is 2.19. The van der Waals surface area contributed by atoms with Crippen LogP contribution in [0.4, 0.5) is 5.69 Å². The zero-order valence-electron chi connectivity index (χ0n) is 20.1. The third-order valence-electron chi connectivity index (χ3n) is 5.62. The van der Waals surface area contributed by atoms with Gasteiger partial charge in [0.2, 0.25) is 0 Å². The number of nitrogens with one attached hydrogen (secondary N) is 3. The van der Waals surface area contributed by atoms with Crippen LogP contribution in [0, 0.1) is 0 Å². The smallest absolute Gasteiger partial charge is 0.269 e. The van der Waals surface area contributed by atoms with Gasteiger partial charge in [-0.05, 0) is 67.4 Å². The number of hydrazine groups is 1. The van der Waals surface area contributed by atoms with Gasteiger partial charge in [-0.15, -0.1) is 0 Å². The van der Waals surface area contributed by atoms with Crippen molar-refractivity contribution in [1.82, 2.24) is 10.9 Å². The van der Waals surface area contributed by atoms with E-state index >= 15 is 0 Å². The zero-order valence-corrected chi connectivity index (χ0v) is 20.9. The van der Waals surface area contributed by atoms with Crippen LogP contribution in [-0.4, -0.2) is 46.7 Å². The van der Waals surface area contributed by atoms with Gasteiger partial charge in [-0.1, -0.05) is 18.2 Å². The van der Waals surface area contributed by atoms with Crippen molar-refractivity contribution in [2.45, 2.75) is 23.8 Å². The van der Waals surface area contributed by atoms with Crippen molar-refractivity contribution in [3.8, 4) is 11.5 Å². The van der Waals surface area contributed by atoms with Crippen LogP contribution in [0.3, 0.4) is 0 Å². The lowest BCUT2D eigenvalue weighted by Gasteiger charge is -2.13. The van der Waals surface area contributed by atoms with E-state index in [9.17, 15) is 18.0 Å². The van der Waals surface area contributed by atoms with Crippen LogP contribution in [0.25, 0.3) is 0 Å². The molecule has 3 N–H and O–H groups in total. The maximum absolute atomic E-state index is 12.9. The Labute approximate surface area is 215 Å². The summed E-state index contributed by atoms with van der Waals surface area (Å²) in [5.41, 5.74) is 5.23. The van der Waals surface area contributed by atoms with Crippen molar-refractivity contribution in [2.75, 3.05) is 25.0 Å². The molecule has 37 heavy (non-hydrogen) atoms. The first-order valence-electron chi connectivity index (χ1n) is 11.6. The molecule has 1 fully saturated rings. The van der Waals surface area contributed by atoms with Crippen LogP contribution in [0.5, 0.6) is 11.5 Å². The Bertz CT molecular complexity index is 1350. The molecule has 0 bridgehead atoms. The number of rotatable bonds is 9. The number of carbonyl (C=O) groups excluding carboxylic acids is 2. The Morgan fingerprint density at radius 1 is 0.946 bits per heavy atom. The summed E-state index contributed by atoms with van der Waals surface area (Å²) in [5.74, 6) is -0.263. The normalized spacial score (nSPS) is 15.0.